The largest absolute Gasteiger partial charge is 0.328 e. The predicted molar refractivity (Wildman–Crippen MR) is 80.9 cm³/mol. The second kappa shape index (κ2) is 7.39. The molecule has 0 saturated heterocycles. The van der Waals surface area contributed by atoms with Gasteiger partial charge in [0.25, 0.3) is 11.8 Å². The maximum atomic E-state index is 12.3. The van der Waals surface area contributed by atoms with Crippen LogP contribution in [-0.2, 0) is 9.59 Å². The maximum Gasteiger partial charge on any atom is 0.253 e. The van der Waals surface area contributed by atoms with E-state index in [2.05, 4.69) is 0 Å². The van der Waals surface area contributed by atoms with E-state index in [1.807, 2.05) is 27.7 Å². The summed E-state index contributed by atoms with van der Waals surface area (Å²) < 4.78 is 0. The molecule has 0 aromatic carbocycles. The molecule has 4 heteroatoms. The summed E-state index contributed by atoms with van der Waals surface area (Å²) in [5.74, 6) is -0.460. The lowest BCUT2D eigenvalue weighted by Crippen LogP contribution is -2.47. The van der Waals surface area contributed by atoms with Crippen molar-refractivity contribution in [3.63, 3.8) is 0 Å². The van der Waals surface area contributed by atoms with Gasteiger partial charge in [-0.1, -0.05) is 11.1 Å². The predicted octanol–water partition coefficient (Wildman–Crippen LogP) is 2.54. The van der Waals surface area contributed by atoms with Crippen molar-refractivity contribution in [1.82, 2.24) is 4.90 Å². The second-order valence-electron chi connectivity index (χ2n) is 6.07. The molecule has 0 radical (unpaired) electrons. The summed E-state index contributed by atoms with van der Waals surface area (Å²) in [5, 5.41) is 0. The van der Waals surface area contributed by atoms with E-state index in [-0.39, 0.29) is 23.9 Å². The van der Waals surface area contributed by atoms with Crippen LogP contribution in [-0.4, -0.2) is 28.8 Å². The zero-order valence-electron chi connectivity index (χ0n) is 13.0. The number of hydrogen-bond donors (Lipinski definition) is 1. The molecule has 2 N–H and O–H groups in total. The van der Waals surface area contributed by atoms with Crippen LogP contribution in [0, 0.1) is 0 Å². The van der Waals surface area contributed by atoms with Crippen molar-refractivity contribution in [2.45, 2.75) is 65.5 Å². The van der Waals surface area contributed by atoms with E-state index in [0.29, 0.717) is 6.42 Å². The molecule has 0 aliphatic heterocycles. The van der Waals surface area contributed by atoms with Gasteiger partial charge < -0.3 is 5.73 Å². The van der Waals surface area contributed by atoms with Gasteiger partial charge in [-0.25, -0.2) is 0 Å². The topological polar surface area (TPSA) is 63.4 Å². The van der Waals surface area contributed by atoms with Crippen LogP contribution in [0.15, 0.2) is 23.3 Å². The lowest BCUT2D eigenvalue weighted by atomic mass is 9.90. The van der Waals surface area contributed by atoms with Gasteiger partial charge in [0.05, 0.1) is 0 Å². The van der Waals surface area contributed by atoms with E-state index in [1.54, 1.807) is 0 Å². The molecule has 1 saturated carbocycles. The van der Waals surface area contributed by atoms with Crippen LogP contribution in [0.5, 0.6) is 0 Å². The van der Waals surface area contributed by atoms with Crippen molar-refractivity contribution < 1.29 is 9.59 Å². The van der Waals surface area contributed by atoms with Crippen molar-refractivity contribution in [3.05, 3.63) is 23.3 Å². The van der Waals surface area contributed by atoms with Gasteiger partial charge in [-0.3, -0.25) is 14.5 Å². The summed E-state index contributed by atoms with van der Waals surface area (Å²) in [6, 6.07) is 0.000191. The van der Waals surface area contributed by atoms with Crippen molar-refractivity contribution in [2.75, 3.05) is 0 Å². The molecular weight excluding hydrogens is 252 g/mol. The molecule has 0 spiro atoms. The molecular formula is C16H26N2O2. The Morgan fingerprint density at radius 1 is 1.00 bits per heavy atom. The van der Waals surface area contributed by atoms with Crippen LogP contribution >= 0.6 is 0 Å². The van der Waals surface area contributed by atoms with Gasteiger partial charge in [-0.05, 0) is 53.4 Å². The van der Waals surface area contributed by atoms with Gasteiger partial charge in [0.1, 0.15) is 0 Å². The van der Waals surface area contributed by atoms with Gasteiger partial charge in [-0.15, -0.1) is 0 Å². The normalized spacial score (nSPS) is 21.9. The number of carbonyl (C=O) groups excluding carboxylic acids is 2. The molecule has 1 aliphatic rings. The molecule has 0 aromatic rings. The number of hydrogen-bond acceptors (Lipinski definition) is 3. The number of rotatable bonds is 3. The molecule has 0 heterocycles. The Balaban J connectivity index is 3.00. The third-order valence-corrected chi connectivity index (χ3v) is 3.35. The summed E-state index contributed by atoms with van der Waals surface area (Å²) in [6.07, 6.45) is 6.53. The fourth-order valence-electron chi connectivity index (χ4n) is 2.54. The highest BCUT2D eigenvalue weighted by molar-refractivity contribution is 6.05. The first kappa shape index (κ1) is 16.6. The summed E-state index contributed by atoms with van der Waals surface area (Å²) in [7, 11) is 0. The first-order valence-corrected chi connectivity index (χ1v) is 7.23. The van der Waals surface area contributed by atoms with Crippen LogP contribution < -0.4 is 5.73 Å². The Hall–Kier alpha value is -1.42. The standard InChI is InChI=1S/C16H26N2O2/c1-11(2)8-15(19)18(16(20)9-12(3)4)14-7-5-6-13(17)10-14/h8-9,13-14H,5-7,10,17H2,1-4H3. The number of allylic oxidation sites excluding steroid dienone is 2. The Labute approximate surface area is 121 Å². The van der Waals surface area contributed by atoms with Crippen LogP contribution in [0.1, 0.15) is 53.4 Å². The van der Waals surface area contributed by atoms with Crippen LogP contribution in [0.25, 0.3) is 0 Å². The summed E-state index contributed by atoms with van der Waals surface area (Å²) >= 11 is 0. The molecule has 1 fully saturated rings. The minimum atomic E-state index is -0.230. The van der Waals surface area contributed by atoms with Crippen LogP contribution in [0.4, 0.5) is 0 Å². The number of nitrogens with zero attached hydrogens (tertiary/aromatic N) is 1. The monoisotopic (exact) mass is 278 g/mol. The molecule has 1 aliphatic carbocycles. The van der Waals surface area contributed by atoms with E-state index in [4.69, 9.17) is 5.73 Å². The van der Waals surface area contributed by atoms with Gasteiger partial charge in [0.2, 0.25) is 0 Å². The van der Waals surface area contributed by atoms with E-state index >= 15 is 0 Å². The van der Waals surface area contributed by atoms with Gasteiger partial charge in [0, 0.05) is 24.2 Å². The van der Waals surface area contributed by atoms with E-state index in [0.717, 1.165) is 30.4 Å². The molecule has 20 heavy (non-hydrogen) atoms. The number of carbonyl (C=O) groups is 2. The summed E-state index contributed by atoms with van der Waals surface area (Å²) in [4.78, 5) is 26.1. The first-order valence-electron chi connectivity index (χ1n) is 7.23. The Kier molecular flexibility index (Phi) is 6.14. The quantitative estimate of drug-likeness (QED) is 0.807. The minimum absolute atomic E-state index is 0.0788. The highest BCUT2D eigenvalue weighted by Gasteiger charge is 2.31. The Morgan fingerprint density at radius 2 is 1.50 bits per heavy atom. The molecule has 2 amide bonds. The van der Waals surface area contributed by atoms with Crippen molar-refractivity contribution in [2.24, 2.45) is 5.73 Å². The maximum absolute atomic E-state index is 12.3. The third-order valence-electron chi connectivity index (χ3n) is 3.35. The van der Waals surface area contributed by atoms with E-state index in [9.17, 15) is 9.59 Å². The fourth-order valence-corrected chi connectivity index (χ4v) is 2.54. The van der Waals surface area contributed by atoms with Gasteiger partial charge in [0.15, 0.2) is 0 Å². The number of nitrogens with two attached hydrogens (primary N) is 1. The molecule has 2 unspecified atom stereocenters. The first-order chi connectivity index (χ1) is 9.31. The van der Waals surface area contributed by atoms with E-state index in [1.165, 1.54) is 17.1 Å². The highest BCUT2D eigenvalue weighted by atomic mass is 16.2. The van der Waals surface area contributed by atoms with Crippen LogP contribution in [0.2, 0.25) is 0 Å². The molecule has 2 atom stereocenters. The molecule has 1 rings (SSSR count). The third kappa shape index (κ3) is 4.93. The average molecular weight is 278 g/mol. The van der Waals surface area contributed by atoms with Crippen LogP contribution in [0.3, 0.4) is 0 Å². The van der Waals surface area contributed by atoms with Crippen molar-refractivity contribution in [3.8, 4) is 0 Å². The van der Waals surface area contributed by atoms with Gasteiger partial charge in [-0.2, -0.15) is 0 Å². The smallest absolute Gasteiger partial charge is 0.253 e. The molecule has 4 nitrogen and oxygen atoms in total. The average Bonchev–Trinajstić information content (AvgIpc) is 2.26. The number of imide groups is 1. The van der Waals surface area contributed by atoms with Gasteiger partial charge >= 0.3 is 0 Å². The summed E-state index contributed by atoms with van der Waals surface area (Å²) in [5.41, 5.74) is 7.77. The van der Waals surface area contributed by atoms with Crippen molar-refractivity contribution >= 4 is 11.8 Å². The van der Waals surface area contributed by atoms with E-state index < -0.39 is 0 Å². The lowest BCUT2D eigenvalue weighted by Gasteiger charge is -2.34. The lowest BCUT2D eigenvalue weighted by molar-refractivity contribution is -0.142. The van der Waals surface area contributed by atoms with Crippen molar-refractivity contribution in [1.29, 1.82) is 0 Å². The SMILES string of the molecule is CC(C)=CC(=O)N(C(=O)C=C(C)C)C1CCCC(N)C1. The molecule has 112 valence electrons. The Morgan fingerprint density at radius 3 is 1.90 bits per heavy atom. The second-order valence-corrected chi connectivity index (χ2v) is 6.07. The summed E-state index contributed by atoms with van der Waals surface area (Å²) in [6.45, 7) is 7.42. The molecule has 0 bridgehead atoms. The number of amides is 2. The minimum Gasteiger partial charge on any atom is -0.328 e. The zero-order valence-corrected chi connectivity index (χ0v) is 13.0. The zero-order chi connectivity index (χ0) is 15.3. The molecule has 0 aromatic heterocycles. The highest BCUT2D eigenvalue weighted by Crippen LogP contribution is 2.23. The fraction of sp³-hybridized carbons (Fsp3) is 0.625. The Bertz CT molecular complexity index is 400.